The molecular formula is C29H52O6. The second-order valence-corrected chi connectivity index (χ2v) is 8.78. The minimum absolute atomic E-state index is 0.545. The van der Waals surface area contributed by atoms with Crippen molar-refractivity contribution in [1.29, 1.82) is 0 Å². The fraction of sp³-hybridized carbons (Fsp3) is 0.793. The summed E-state index contributed by atoms with van der Waals surface area (Å²) in [5.41, 5.74) is 1.39. The average Bonchev–Trinajstić information content (AvgIpc) is 2.88. The van der Waals surface area contributed by atoms with E-state index in [4.69, 9.17) is 28.4 Å². The summed E-state index contributed by atoms with van der Waals surface area (Å²) < 4.78 is 33.2. The van der Waals surface area contributed by atoms with Gasteiger partial charge in [-0.1, -0.05) is 70.9 Å². The van der Waals surface area contributed by atoms with Crippen molar-refractivity contribution in [3.63, 3.8) is 0 Å². The summed E-state index contributed by atoms with van der Waals surface area (Å²) in [5, 5.41) is 0. The maximum Gasteiger partial charge on any atom is 0.119 e. The summed E-state index contributed by atoms with van der Waals surface area (Å²) in [6, 6.07) is 8.48. The molecule has 0 saturated heterocycles. The van der Waals surface area contributed by atoms with Crippen LogP contribution in [0.4, 0.5) is 0 Å². The molecule has 0 heterocycles. The average molecular weight is 497 g/mol. The van der Waals surface area contributed by atoms with Gasteiger partial charge in [0.2, 0.25) is 0 Å². The largest absolute Gasteiger partial charge is 0.491 e. The van der Waals surface area contributed by atoms with Gasteiger partial charge in [0.05, 0.1) is 59.5 Å². The topological polar surface area (TPSA) is 55.4 Å². The number of aryl methyl sites for hydroxylation is 1. The molecule has 6 heteroatoms. The van der Waals surface area contributed by atoms with Gasteiger partial charge in [0.1, 0.15) is 12.4 Å². The first kappa shape index (κ1) is 31.8. The normalized spacial score (nSPS) is 11.3. The van der Waals surface area contributed by atoms with Gasteiger partial charge in [0.25, 0.3) is 0 Å². The molecule has 0 saturated carbocycles. The van der Waals surface area contributed by atoms with Crippen LogP contribution in [-0.4, -0.2) is 72.7 Å². The van der Waals surface area contributed by atoms with Crippen molar-refractivity contribution >= 4 is 0 Å². The first-order valence-electron chi connectivity index (χ1n) is 14.0. The highest BCUT2D eigenvalue weighted by Gasteiger charge is 1.98. The van der Waals surface area contributed by atoms with Crippen LogP contribution < -0.4 is 4.74 Å². The van der Waals surface area contributed by atoms with Gasteiger partial charge >= 0.3 is 0 Å². The summed E-state index contributed by atoms with van der Waals surface area (Å²) >= 11 is 0. The van der Waals surface area contributed by atoms with Gasteiger partial charge in [0.15, 0.2) is 0 Å². The Kier molecular flexibility index (Phi) is 23.6. The molecular weight excluding hydrogens is 444 g/mol. The summed E-state index contributed by atoms with van der Waals surface area (Å²) in [6.45, 7) is 11.0. The van der Waals surface area contributed by atoms with E-state index in [-0.39, 0.29) is 0 Å². The fourth-order valence-electron chi connectivity index (χ4n) is 3.49. The van der Waals surface area contributed by atoms with E-state index in [9.17, 15) is 0 Å². The van der Waals surface area contributed by atoms with Crippen LogP contribution in [0.3, 0.4) is 0 Å². The molecule has 35 heavy (non-hydrogen) atoms. The number of hydrogen-bond acceptors (Lipinski definition) is 6. The van der Waals surface area contributed by atoms with Crippen molar-refractivity contribution in [3.8, 4) is 5.75 Å². The molecule has 0 spiro atoms. The highest BCUT2D eigenvalue weighted by molar-refractivity contribution is 5.27. The van der Waals surface area contributed by atoms with E-state index >= 15 is 0 Å². The molecule has 0 bridgehead atoms. The molecule has 0 aliphatic carbocycles. The van der Waals surface area contributed by atoms with Crippen LogP contribution in [-0.2, 0) is 30.1 Å². The maximum atomic E-state index is 5.76. The molecule has 0 aliphatic heterocycles. The van der Waals surface area contributed by atoms with E-state index in [2.05, 4.69) is 38.1 Å². The van der Waals surface area contributed by atoms with Gasteiger partial charge in [-0.2, -0.15) is 0 Å². The zero-order valence-electron chi connectivity index (χ0n) is 22.6. The molecule has 1 aromatic carbocycles. The molecule has 0 aromatic heterocycles. The van der Waals surface area contributed by atoms with Gasteiger partial charge in [-0.05, 0) is 37.0 Å². The third-order valence-electron chi connectivity index (χ3n) is 5.62. The minimum atomic E-state index is 0.545. The first-order chi connectivity index (χ1) is 17.4. The van der Waals surface area contributed by atoms with E-state index in [1.54, 1.807) is 0 Å². The van der Waals surface area contributed by atoms with E-state index < -0.39 is 0 Å². The number of benzene rings is 1. The Balaban J connectivity index is 1.81. The van der Waals surface area contributed by atoms with Crippen molar-refractivity contribution in [3.05, 3.63) is 29.8 Å². The van der Waals surface area contributed by atoms with Crippen LogP contribution in [0.5, 0.6) is 5.75 Å². The number of unbranched alkanes of at least 4 members (excludes halogenated alkanes) is 7. The quantitative estimate of drug-likeness (QED) is 0.134. The SMILES string of the molecule is CCCCCCCCCc1ccc(OCCOCCOCCOCCOCCOCCCC)cc1. The van der Waals surface area contributed by atoms with Crippen LogP contribution >= 0.6 is 0 Å². The van der Waals surface area contributed by atoms with Gasteiger partial charge in [-0.15, -0.1) is 0 Å². The zero-order chi connectivity index (χ0) is 25.1. The number of rotatable bonds is 27. The Morgan fingerprint density at radius 3 is 1.37 bits per heavy atom. The lowest BCUT2D eigenvalue weighted by Crippen LogP contribution is -2.14. The Labute approximate surface area is 215 Å². The zero-order valence-corrected chi connectivity index (χ0v) is 22.6. The van der Waals surface area contributed by atoms with Crippen molar-refractivity contribution < 1.29 is 28.4 Å². The third kappa shape index (κ3) is 21.8. The van der Waals surface area contributed by atoms with E-state index in [0.717, 1.165) is 31.6 Å². The minimum Gasteiger partial charge on any atom is -0.491 e. The monoisotopic (exact) mass is 496 g/mol. The Bertz CT molecular complexity index is 536. The molecule has 0 aliphatic rings. The Hall–Kier alpha value is -1.18. The maximum absolute atomic E-state index is 5.76. The fourth-order valence-corrected chi connectivity index (χ4v) is 3.49. The summed E-state index contributed by atoms with van der Waals surface area (Å²) in [6.07, 6.45) is 12.9. The van der Waals surface area contributed by atoms with E-state index in [0.29, 0.717) is 66.1 Å². The first-order valence-corrected chi connectivity index (χ1v) is 14.0. The van der Waals surface area contributed by atoms with Gasteiger partial charge < -0.3 is 28.4 Å². The van der Waals surface area contributed by atoms with Gasteiger partial charge in [0, 0.05) is 6.61 Å². The van der Waals surface area contributed by atoms with E-state index in [1.807, 2.05) is 0 Å². The van der Waals surface area contributed by atoms with Crippen LogP contribution in [0.2, 0.25) is 0 Å². The lowest BCUT2D eigenvalue weighted by atomic mass is 10.0. The van der Waals surface area contributed by atoms with Crippen LogP contribution in [0.1, 0.15) is 77.2 Å². The predicted molar refractivity (Wildman–Crippen MR) is 143 cm³/mol. The molecule has 0 N–H and O–H groups in total. The van der Waals surface area contributed by atoms with Crippen LogP contribution in [0, 0.1) is 0 Å². The third-order valence-corrected chi connectivity index (χ3v) is 5.62. The second kappa shape index (κ2) is 25.9. The Morgan fingerprint density at radius 2 is 0.857 bits per heavy atom. The summed E-state index contributed by atoms with van der Waals surface area (Å²) in [7, 11) is 0. The number of hydrogen-bond donors (Lipinski definition) is 0. The van der Waals surface area contributed by atoms with Crippen LogP contribution in [0.15, 0.2) is 24.3 Å². The van der Waals surface area contributed by atoms with Gasteiger partial charge in [-0.3, -0.25) is 0 Å². The van der Waals surface area contributed by atoms with Crippen molar-refractivity contribution in [2.45, 2.75) is 78.1 Å². The number of ether oxygens (including phenoxy) is 6. The van der Waals surface area contributed by atoms with Crippen molar-refractivity contribution in [2.24, 2.45) is 0 Å². The molecule has 1 rings (SSSR count). The highest BCUT2D eigenvalue weighted by atomic mass is 16.6. The summed E-state index contributed by atoms with van der Waals surface area (Å²) in [5.74, 6) is 0.901. The molecule has 204 valence electrons. The van der Waals surface area contributed by atoms with Crippen molar-refractivity contribution in [1.82, 2.24) is 0 Å². The summed E-state index contributed by atoms with van der Waals surface area (Å²) in [4.78, 5) is 0. The standard InChI is InChI=1S/C29H52O6/c1-3-5-7-8-9-10-11-12-28-13-15-29(16-14-28)35-27-26-34-25-24-33-23-22-32-21-20-31-19-18-30-17-6-4-2/h13-16H,3-12,17-27H2,1-2H3. The predicted octanol–water partition coefficient (Wildman–Crippen LogP) is 6.24. The molecule has 1 aromatic rings. The van der Waals surface area contributed by atoms with Crippen molar-refractivity contribution in [2.75, 3.05) is 72.7 Å². The van der Waals surface area contributed by atoms with E-state index in [1.165, 1.54) is 50.5 Å². The Morgan fingerprint density at radius 1 is 0.429 bits per heavy atom. The molecule has 6 nitrogen and oxygen atoms in total. The highest BCUT2D eigenvalue weighted by Crippen LogP contribution is 2.15. The molecule has 0 fully saturated rings. The smallest absolute Gasteiger partial charge is 0.119 e. The van der Waals surface area contributed by atoms with Crippen LogP contribution in [0.25, 0.3) is 0 Å². The molecule has 0 unspecified atom stereocenters. The lowest BCUT2D eigenvalue weighted by molar-refractivity contribution is -0.0128. The molecule has 0 atom stereocenters. The lowest BCUT2D eigenvalue weighted by Gasteiger charge is -2.09. The van der Waals surface area contributed by atoms with Gasteiger partial charge in [-0.25, -0.2) is 0 Å². The molecule has 0 radical (unpaired) electrons. The molecule has 0 amide bonds. The second-order valence-electron chi connectivity index (χ2n) is 8.78.